The lowest BCUT2D eigenvalue weighted by molar-refractivity contribution is 0.0693. The molecule has 1 heterocycles. The molecular formula is C13H17NO3. The average Bonchev–Trinajstić information content (AvgIpc) is 2.33. The van der Waals surface area contributed by atoms with Crippen molar-refractivity contribution in [3.8, 4) is 5.75 Å². The van der Waals surface area contributed by atoms with Crippen LogP contribution in [0.25, 0.3) is 0 Å². The minimum absolute atomic E-state index is 0.0791. The lowest BCUT2D eigenvalue weighted by Gasteiger charge is -2.27. The summed E-state index contributed by atoms with van der Waals surface area (Å²) in [6.45, 7) is 2.48. The minimum Gasteiger partial charge on any atom is -0.508 e. The van der Waals surface area contributed by atoms with E-state index in [9.17, 15) is 9.90 Å². The number of phenols is 1. The smallest absolute Gasteiger partial charge is 0.336 e. The van der Waals surface area contributed by atoms with Crippen molar-refractivity contribution in [3.63, 3.8) is 0 Å². The Morgan fingerprint density at radius 3 is 2.59 bits per heavy atom. The topological polar surface area (TPSA) is 60.8 Å². The van der Waals surface area contributed by atoms with Gasteiger partial charge in [-0.25, -0.2) is 4.79 Å². The molecule has 0 aromatic heterocycles. The fourth-order valence-corrected chi connectivity index (χ4v) is 2.28. The number of piperidine rings is 1. The molecule has 1 aromatic rings. The molecule has 0 spiro atoms. The number of carboxylic acids is 1. The van der Waals surface area contributed by atoms with Crippen LogP contribution in [0.4, 0.5) is 0 Å². The van der Waals surface area contributed by atoms with Crippen molar-refractivity contribution in [2.75, 3.05) is 13.1 Å². The lowest BCUT2D eigenvalue weighted by atomic mass is 10.0. The van der Waals surface area contributed by atoms with Crippen LogP contribution in [0.1, 0.15) is 35.2 Å². The van der Waals surface area contributed by atoms with Gasteiger partial charge in [-0.15, -0.1) is 0 Å². The number of benzene rings is 1. The number of rotatable bonds is 3. The van der Waals surface area contributed by atoms with Gasteiger partial charge in [0.1, 0.15) is 5.75 Å². The Morgan fingerprint density at radius 1 is 1.24 bits per heavy atom. The summed E-state index contributed by atoms with van der Waals surface area (Å²) in [7, 11) is 0. The van der Waals surface area contributed by atoms with Crippen LogP contribution >= 0.6 is 0 Å². The molecule has 2 rings (SSSR count). The molecule has 1 aliphatic heterocycles. The van der Waals surface area contributed by atoms with E-state index in [0.29, 0.717) is 12.1 Å². The van der Waals surface area contributed by atoms with E-state index in [1.807, 2.05) is 0 Å². The molecule has 1 fully saturated rings. The van der Waals surface area contributed by atoms with Crippen molar-refractivity contribution in [1.82, 2.24) is 4.90 Å². The largest absolute Gasteiger partial charge is 0.508 e. The molecule has 0 atom stereocenters. The van der Waals surface area contributed by atoms with Crippen LogP contribution in [0.5, 0.6) is 5.75 Å². The third-order valence-electron chi connectivity index (χ3n) is 3.21. The van der Waals surface area contributed by atoms with Gasteiger partial charge in [0.25, 0.3) is 0 Å². The molecule has 92 valence electrons. The monoisotopic (exact) mass is 235 g/mol. The van der Waals surface area contributed by atoms with Crippen molar-refractivity contribution in [2.24, 2.45) is 0 Å². The standard InChI is InChI=1S/C13H17NO3/c15-12-6-4-5-10(13(16)17)11(12)9-14-7-2-1-3-8-14/h4-6,15H,1-3,7-9H2,(H,16,17). The first-order chi connectivity index (χ1) is 8.18. The zero-order valence-corrected chi connectivity index (χ0v) is 9.72. The highest BCUT2D eigenvalue weighted by Crippen LogP contribution is 2.24. The van der Waals surface area contributed by atoms with Gasteiger partial charge in [-0.05, 0) is 38.1 Å². The highest BCUT2D eigenvalue weighted by atomic mass is 16.4. The second kappa shape index (κ2) is 5.19. The van der Waals surface area contributed by atoms with Gasteiger partial charge in [0.2, 0.25) is 0 Å². The first-order valence-corrected chi connectivity index (χ1v) is 5.95. The van der Waals surface area contributed by atoms with Crippen LogP contribution in [0.3, 0.4) is 0 Å². The second-order valence-electron chi connectivity index (χ2n) is 4.45. The molecular weight excluding hydrogens is 218 g/mol. The van der Waals surface area contributed by atoms with E-state index in [0.717, 1.165) is 25.9 Å². The van der Waals surface area contributed by atoms with Gasteiger partial charge in [-0.3, -0.25) is 4.90 Å². The number of phenolic OH excluding ortho intramolecular Hbond substituents is 1. The zero-order chi connectivity index (χ0) is 12.3. The van der Waals surface area contributed by atoms with Crippen LogP contribution < -0.4 is 0 Å². The van der Waals surface area contributed by atoms with Crippen molar-refractivity contribution >= 4 is 5.97 Å². The molecule has 0 saturated carbocycles. The fraction of sp³-hybridized carbons (Fsp3) is 0.462. The molecule has 0 radical (unpaired) electrons. The molecule has 0 unspecified atom stereocenters. The Kier molecular flexibility index (Phi) is 3.64. The summed E-state index contributed by atoms with van der Waals surface area (Å²) in [5, 5.41) is 18.9. The van der Waals surface area contributed by atoms with Gasteiger partial charge in [-0.1, -0.05) is 12.5 Å². The molecule has 1 aliphatic rings. The maximum absolute atomic E-state index is 11.1. The highest BCUT2D eigenvalue weighted by molar-refractivity contribution is 5.90. The van der Waals surface area contributed by atoms with Crippen LogP contribution in [0.2, 0.25) is 0 Å². The Bertz CT molecular complexity index is 411. The van der Waals surface area contributed by atoms with Gasteiger partial charge >= 0.3 is 5.97 Å². The molecule has 0 amide bonds. The average molecular weight is 235 g/mol. The normalized spacial score (nSPS) is 16.9. The lowest BCUT2D eigenvalue weighted by Crippen LogP contribution is -2.29. The number of carbonyl (C=O) groups is 1. The molecule has 4 heteroatoms. The quantitative estimate of drug-likeness (QED) is 0.842. The van der Waals surface area contributed by atoms with Crippen molar-refractivity contribution in [2.45, 2.75) is 25.8 Å². The molecule has 1 saturated heterocycles. The summed E-state index contributed by atoms with van der Waals surface area (Å²) in [5.41, 5.74) is 0.734. The van der Waals surface area contributed by atoms with Gasteiger partial charge < -0.3 is 10.2 Å². The van der Waals surface area contributed by atoms with Crippen LogP contribution in [0, 0.1) is 0 Å². The van der Waals surface area contributed by atoms with E-state index in [1.165, 1.54) is 6.42 Å². The number of carboxylic acid groups (broad SMARTS) is 1. The van der Waals surface area contributed by atoms with Crippen molar-refractivity contribution in [3.05, 3.63) is 29.3 Å². The van der Waals surface area contributed by atoms with E-state index in [2.05, 4.69) is 4.90 Å². The minimum atomic E-state index is -0.979. The Balaban J connectivity index is 2.21. The number of hydrogen-bond acceptors (Lipinski definition) is 3. The first-order valence-electron chi connectivity index (χ1n) is 5.95. The Morgan fingerprint density at radius 2 is 1.94 bits per heavy atom. The zero-order valence-electron chi connectivity index (χ0n) is 9.72. The number of nitrogens with zero attached hydrogens (tertiary/aromatic N) is 1. The first kappa shape index (κ1) is 11.9. The second-order valence-corrected chi connectivity index (χ2v) is 4.45. The molecule has 0 bridgehead atoms. The SMILES string of the molecule is O=C(O)c1cccc(O)c1CN1CCCCC1. The summed E-state index contributed by atoms with van der Waals surface area (Å²) in [6, 6.07) is 4.66. The van der Waals surface area contributed by atoms with Gasteiger partial charge in [0, 0.05) is 12.1 Å². The number of aromatic carboxylic acids is 1. The predicted octanol–water partition coefficient (Wildman–Crippen LogP) is 2.08. The molecule has 4 nitrogen and oxygen atoms in total. The van der Waals surface area contributed by atoms with Crippen LogP contribution in [-0.4, -0.2) is 34.2 Å². The molecule has 0 aliphatic carbocycles. The third-order valence-corrected chi connectivity index (χ3v) is 3.21. The summed E-state index contributed by atoms with van der Waals surface area (Å²) < 4.78 is 0. The molecule has 17 heavy (non-hydrogen) atoms. The van der Waals surface area contributed by atoms with E-state index in [4.69, 9.17) is 5.11 Å². The number of hydrogen-bond donors (Lipinski definition) is 2. The van der Waals surface area contributed by atoms with E-state index < -0.39 is 5.97 Å². The molecule has 2 N–H and O–H groups in total. The summed E-state index contributed by atoms with van der Waals surface area (Å²) >= 11 is 0. The fourth-order valence-electron chi connectivity index (χ4n) is 2.28. The summed E-state index contributed by atoms with van der Waals surface area (Å²) in [5.74, 6) is -0.900. The van der Waals surface area contributed by atoms with Gasteiger partial charge in [0.15, 0.2) is 0 Å². The van der Waals surface area contributed by atoms with E-state index in [1.54, 1.807) is 18.2 Å². The van der Waals surface area contributed by atoms with Crippen molar-refractivity contribution < 1.29 is 15.0 Å². The maximum atomic E-state index is 11.1. The maximum Gasteiger partial charge on any atom is 0.336 e. The summed E-state index contributed by atoms with van der Waals surface area (Å²) in [4.78, 5) is 13.3. The predicted molar refractivity (Wildman–Crippen MR) is 64.2 cm³/mol. The van der Waals surface area contributed by atoms with E-state index >= 15 is 0 Å². The van der Waals surface area contributed by atoms with Gasteiger partial charge in [0.05, 0.1) is 5.56 Å². The van der Waals surface area contributed by atoms with Crippen LogP contribution in [0.15, 0.2) is 18.2 Å². The third kappa shape index (κ3) is 2.77. The van der Waals surface area contributed by atoms with Crippen LogP contribution in [-0.2, 0) is 6.54 Å². The Hall–Kier alpha value is -1.55. The van der Waals surface area contributed by atoms with Gasteiger partial charge in [-0.2, -0.15) is 0 Å². The number of likely N-dealkylation sites (tertiary alicyclic amines) is 1. The summed E-state index contributed by atoms with van der Waals surface area (Å²) in [6.07, 6.45) is 3.54. The molecule has 1 aromatic carbocycles. The van der Waals surface area contributed by atoms with E-state index in [-0.39, 0.29) is 11.3 Å². The Labute approximate surface area is 100 Å². The van der Waals surface area contributed by atoms with Crippen molar-refractivity contribution in [1.29, 1.82) is 0 Å². The highest BCUT2D eigenvalue weighted by Gasteiger charge is 2.18. The number of aromatic hydroxyl groups is 1.